The Bertz CT molecular complexity index is 334. The molecular weight excluding hydrogens is 151 g/mol. The van der Waals surface area contributed by atoms with Crippen molar-refractivity contribution in [1.82, 2.24) is 0 Å². The van der Waals surface area contributed by atoms with Crippen LogP contribution in [0.25, 0.3) is 0 Å². The summed E-state index contributed by atoms with van der Waals surface area (Å²) < 4.78 is 10.7. The predicted octanol–water partition coefficient (Wildman–Crippen LogP) is 1.65. The van der Waals surface area contributed by atoms with Crippen molar-refractivity contribution in [2.24, 2.45) is 0 Å². The standard InChI is InChI=1S/C9H11BO2/c1-5-4-6(2)8-9(7(5)3)12-10-11-8/h4,10H,1-3H3. The topological polar surface area (TPSA) is 18.5 Å². The second-order valence-electron chi connectivity index (χ2n) is 3.20. The summed E-state index contributed by atoms with van der Waals surface area (Å²) in [7, 11) is 0.362. The quantitative estimate of drug-likeness (QED) is 0.540. The molecule has 0 spiro atoms. The van der Waals surface area contributed by atoms with Crippen molar-refractivity contribution in [2.45, 2.75) is 20.8 Å². The SMILES string of the molecule is Cc1cc(C)c2c(c1C)OBO2. The average Bonchev–Trinajstić information content (AvgIpc) is 2.48. The molecule has 0 saturated carbocycles. The van der Waals surface area contributed by atoms with E-state index in [1.807, 2.05) is 6.92 Å². The number of aryl methyl sites for hydroxylation is 2. The first-order valence-electron chi connectivity index (χ1n) is 4.06. The summed E-state index contributed by atoms with van der Waals surface area (Å²) in [5.74, 6) is 1.84. The lowest BCUT2D eigenvalue weighted by Crippen LogP contribution is -2.00. The second-order valence-corrected chi connectivity index (χ2v) is 3.20. The number of benzene rings is 1. The fourth-order valence-corrected chi connectivity index (χ4v) is 1.53. The van der Waals surface area contributed by atoms with Crippen molar-refractivity contribution in [3.63, 3.8) is 0 Å². The van der Waals surface area contributed by atoms with Crippen LogP contribution in [0.5, 0.6) is 11.5 Å². The van der Waals surface area contributed by atoms with E-state index in [0.29, 0.717) is 7.69 Å². The highest BCUT2D eigenvalue weighted by Crippen LogP contribution is 2.39. The maximum Gasteiger partial charge on any atom is 0.576 e. The average molecular weight is 162 g/mol. The zero-order valence-corrected chi connectivity index (χ0v) is 7.60. The molecule has 12 heavy (non-hydrogen) atoms. The van der Waals surface area contributed by atoms with Gasteiger partial charge in [-0.05, 0) is 37.5 Å². The molecule has 0 radical (unpaired) electrons. The summed E-state index contributed by atoms with van der Waals surface area (Å²) in [6.07, 6.45) is 0. The van der Waals surface area contributed by atoms with Crippen LogP contribution in [0.1, 0.15) is 16.7 Å². The molecule has 0 unspecified atom stereocenters. The molecule has 0 amide bonds. The van der Waals surface area contributed by atoms with E-state index in [9.17, 15) is 0 Å². The zero-order valence-electron chi connectivity index (χ0n) is 7.60. The zero-order chi connectivity index (χ0) is 8.72. The van der Waals surface area contributed by atoms with Gasteiger partial charge in [0.2, 0.25) is 0 Å². The number of rotatable bonds is 0. The van der Waals surface area contributed by atoms with E-state index in [0.717, 1.165) is 17.1 Å². The highest BCUT2D eigenvalue weighted by molar-refractivity contribution is 6.23. The Morgan fingerprint density at radius 2 is 1.67 bits per heavy atom. The Hall–Kier alpha value is -1.12. The number of hydrogen-bond acceptors (Lipinski definition) is 2. The van der Waals surface area contributed by atoms with Crippen molar-refractivity contribution in [3.8, 4) is 11.5 Å². The van der Waals surface area contributed by atoms with Gasteiger partial charge >= 0.3 is 7.69 Å². The summed E-state index contributed by atoms with van der Waals surface area (Å²) in [6, 6.07) is 2.13. The third-order valence-corrected chi connectivity index (χ3v) is 2.34. The van der Waals surface area contributed by atoms with Crippen LogP contribution in [0.15, 0.2) is 6.07 Å². The molecule has 2 rings (SSSR count). The van der Waals surface area contributed by atoms with Crippen LogP contribution in [0, 0.1) is 20.8 Å². The van der Waals surface area contributed by atoms with Crippen LogP contribution in [0.3, 0.4) is 0 Å². The van der Waals surface area contributed by atoms with Gasteiger partial charge in [-0.25, -0.2) is 0 Å². The van der Waals surface area contributed by atoms with E-state index in [1.165, 1.54) is 11.1 Å². The first-order chi connectivity index (χ1) is 5.70. The molecule has 0 N–H and O–H groups in total. The molecule has 1 aromatic carbocycles. The molecule has 0 saturated heterocycles. The lowest BCUT2D eigenvalue weighted by atomic mass is 10.0. The van der Waals surface area contributed by atoms with Crippen LogP contribution in [0.2, 0.25) is 0 Å². The maximum absolute atomic E-state index is 5.37. The van der Waals surface area contributed by atoms with E-state index in [4.69, 9.17) is 9.31 Å². The Labute approximate surface area is 72.8 Å². The number of fused-ring (bicyclic) bond motifs is 1. The molecule has 62 valence electrons. The van der Waals surface area contributed by atoms with Gasteiger partial charge in [0, 0.05) is 0 Å². The highest BCUT2D eigenvalue weighted by Gasteiger charge is 2.20. The van der Waals surface area contributed by atoms with Gasteiger partial charge in [0.25, 0.3) is 0 Å². The fraction of sp³-hybridized carbons (Fsp3) is 0.333. The summed E-state index contributed by atoms with van der Waals surface area (Å²) in [4.78, 5) is 0. The van der Waals surface area contributed by atoms with Gasteiger partial charge in [-0.2, -0.15) is 0 Å². The highest BCUT2D eigenvalue weighted by atomic mass is 16.6. The molecule has 0 fully saturated rings. The predicted molar refractivity (Wildman–Crippen MR) is 49.1 cm³/mol. The molecule has 0 atom stereocenters. The Morgan fingerprint density at radius 3 is 2.42 bits per heavy atom. The molecule has 1 aromatic rings. The molecule has 0 aromatic heterocycles. The molecule has 1 aliphatic heterocycles. The fourth-order valence-electron chi connectivity index (χ4n) is 1.53. The van der Waals surface area contributed by atoms with E-state index in [1.54, 1.807) is 0 Å². The Morgan fingerprint density at radius 1 is 1.00 bits per heavy atom. The molecule has 1 aliphatic rings. The van der Waals surface area contributed by atoms with Gasteiger partial charge in [-0.1, -0.05) is 6.07 Å². The lowest BCUT2D eigenvalue weighted by molar-refractivity contribution is 0.539. The van der Waals surface area contributed by atoms with Crippen molar-refractivity contribution in [3.05, 3.63) is 22.8 Å². The van der Waals surface area contributed by atoms with Crippen LogP contribution in [-0.2, 0) is 0 Å². The smallest absolute Gasteiger partial charge is 0.526 e. The molecule has 0 bridgehead atoms. The first kappa shape index (κ1) is 7.53. The van der Waals surface area contributed by atoms with E-state index in [2.05, 4.69) is 19.9 Å². The Kier molecular flexibility index (Phi) is 1.53. The molecule has 2 nitrogen and oxygen atoms in total. The molecular formula is C9H11BO2. The van der Waals surface area contributed by atoms with Crippen LogP contribution in [-0.4, -0.2) is 7.69 Å². The van der Waals surface area contributed by atoms with Gasteiger partial charge in [-0.3, -0.25) is 0 Å². The first-order valence-corrected chi connectivity index (χ1v) is 4.06. The third kappa shape index (κ3) is 0.892. The molecule has 1 heterocycles. The summed E-state index contributed by atoms with van der Waals surface area (Å²) in [5.41, 5.74) is 3.61. The third-order valence-electron chi connectivity index (χ3n) is 2.34. The van der Waals surface area contributed by atoms with Crippen molar-refractivity contribution in [2.75, 3.05) is 0 Å². The molecule has 0 aliphatic carbocycles. The maximum atomic E-state index is 5.37. The lowest BCUT2D eigenvalue weighted by Gasteiger charge is -2.08. The minimum absolute atomic E-state index is 0.362. The van der Waals surface area contributed by atoms with Gasteiger partial charge in [-0.15, -0.1) is 0 Å². The largest absolute Gasteiger partial charge is 0.576 e. The van der Waals surface area contributed by atoms with Crippen molar-refractivity contribution >= 4 is 7.69 Å². The van der Waals surface area contributed by atoms with Crippen molar-refractivity contribution in [1.29, 1.82) is 0 Å². The molecule has 3 heteroatoms. The van der Waals surface area contributed by atoms with Crippen LogP contribution < -0.4 is 9.31 Å². The van der Waals surface area contributed by atoms with E-state index < -0.39 is 0 Å². The summed E-state index contributed by atoms with van der Waals surface area (Å²) in [5, 5.41) is 0. The van der Waals surface area contributed by atoms with Gasteiger partial charge in [0.15, 0.2) is 0 Å². The summed E-state index contributed by atoms with van der Waals surface area (Å²) >= 11 is 0. The van der Waals surface area contributed by atoms with Gasteiger partial charge in [0.1, 0.15) is 11.5 Å². The number of hydrogen-bond donors (Lipinski definition) is 0. The van der Waals surface area contributed by atoms with Crippen LogP contribution in [0.4, 0.5) is 0 Å². The van der Waals surface area contributed by atoms with Gasteiger partial charge in [0.05, 0.1) is 0 Å². The monoisotopic (exact) mass is 162 g/mol. The Balaban J connectivity index is 2.69. The minimum atomic E-state index is 0.362. The summed E-state index contributed by atoms with van der Waals surface area (Å²) in [6.45, 7) is 6.19. The van der Waals surface area contributed by atoms with Crippen LogP contribution >= 0.6 is 0 Å². The van der Waals surface area contributed by atoms with E-state index >= 15 is 0 Å². The van der Waals surface area contributed by atoms with E-state index in [-0.39, 0.29) is 0 Å². The van der Waals surface area contributed by atoms with Gasteiger partial charge < -0.3 is 9.31 Å². The minimum Gasteiger partial charge on any atom is -0.526 e. The second kappa shape index (κ2) is 2.44. The normalized spacial score (nSPS) is 12.9. The van der Waals surface area contributed by atoms with Crippen molar-refractivity contribution < 1.29 is 9.31 Å².